The molecule has 1 atom stereocenters. The van der Waals surface area contributed by atoms with E-state index in [1.165, 1.54) is 0 Å². The highest BCUT2D eigenvalue weighted by molar-refractivity contribution is 5.81. The minimum absolute atomic E-state index is 0.209. The van der Waals surface area contributed by atoms with Gasteiger partial charge in [-0.1, -0.05) is 0 Å². The second kappa shape index (κ2) is 8.71. The number of nitrogens with zero attached hydrogens (tertiary/aromatic N) is 2. The van der Waals surface area contributed by atoms with Crippen LogP contribution in [0.25, 0.3) is 0 Å². The third-order valence-electron chi connectivity index (χ3n) is 3.05. The van der Waals surface area contributed by atoms with Gasteiger partial charge < -0.3 is 15.0 Å². The number of rotatable bonds is 5. The number of aliphatic imine (C=N–C) groups is 1. The van der Waals surface area contributed by atoms with Gasteiger partial charge in [-0.3, -0.25) is 4.79 Å². The zero-order valence-corrected chi connectivity index (χ0v) is 12.1. The summed E-state index contributed by atoms with van der Waals surface area (Å²) >= 11 is 0. The summed E-state index contributed by atoms with van der Waals surface area (Å²) in [6.07, 6.45) is -0.874. The molecule has 0 aromatic heterocycles. The Balaban J connectivity index is 2.66. The lowest BCUT2D eigenvalue weighted by molar-refractivity contribution is -0.149. The van der Waals surface area contributed by atoms with Crippen LogP contribution in [0, 0.1) is 5.92 Å². The van der Waals surface area contributed by atoms with Crippen molar-refractivity contribution in [1.82, 2.24) is 10.2 Å². The van der Waals surface area contributed by atoms with Crippen LogP contribution in [0.1, 0.15) is 26.7 Å². The summed E-state index contributed by atoms with van der Waals surface area (Å²) in [5.74, 6) is 0.0165. The van der Waals surface area contributed by atoms with Crippen LogP contribution in [0.2, 0.25) is 0 Å². The number of carbonyl (C=O) groups is 1. The Hall–Kier alpha value is -1.40. The number of carbonyl (C=O) groups excluding carboxylic acids is 1. The van der Waals surface area contributed by atoms with E-state index in [2.05, 4.69) is 10.3 Å². The minimum Gasteiger partial charge on any atom is -0.466 e. The summed E-state index contributed by atoms with van der Waals surface area (Å²) in [5, 5.41) is 2.99. The Morgan fingerprint density at radius 1 is 1.50 bits per heavy atom. The lowest BCUT2D eigenvalue weighted by Gasteiger charge is -2.34. The average molecular weight is 291 g/mol. The first-order valence-corrected chi connectivity index (χ1v) is 7.06. The maximum Gasteiger partial charge on any atom is 0.310 e. The van der Waals surface area contributed by atoms with Gasteiger partial charge in [-0.05, 0) is 26.7 Å². The van der Waals surface area contributed by atoms with Gasteiger partial charge in [0.25, 0.3) is 6.43 Å². The molecule has 0 aromatic rings. The Morgan fingerprint density at radius 3 is 2.85 bits per heavy atom. The number of ether oxygens (including phenoxy) is 1. The van der Waals surface area contributed by atoms with E-state index >= 15 is 0 Å². The van der Waals surface area contributed by atoms with Crippen LogP contribution < -0.4 is 5.32 Å². The van der Waals surface area contributed by atoms with Crippen LogP contribution in [0.15, 0.2) is 4.99 Å². The lowest BCUT2D eigenvalue weighted by atomic mass is 9.98. The minimum atomic E-state index is -2.46. The smallest absolute Gasteiger partial charge is 0.310 e. The van der Waals surface area contributed by atoms with E-state index in [0.717, 1.165) is 12.8 Å². The van der Waals surface area contributed by atoms with Crippen molar-refractivity contribution < 1.29 is 18.3 Å². The van der Waals surface area contributed by atoms with Gasteiger partial charge in [-0.25, -0.2) is 13.8 Å². The van der Waals surface area contributed by atoms with Crippen molar-refractivity contribution in [2.75, 3.05) is 32.8 Å². The Kier molecular flexibility index (Phi) is 7.25. The number of hydrogen-bond donors (Lipinski definition) is 1. The molecule has 1 aliphatic rings. The third-order valence-corrected chi connectivity index (χ3v) is 3.05. The monoisotopic (exact) mass is 291 g/mol. The molecular formula is C13H23F2N3O2. The van der Waals surface area contributed by atoms with Gasteiger partial charge in [-0.2, -0.15) is 0 Å². The molecular weight excluding hydrogens is 268 g/mol. The molecule has 1 heterocycles. The predicted molar refractivity (Wildman–Crippen MR) is 72.9 cm³/mol. The van der Waals surface area contributed by atoms with E-state index < -0.39 is 13.0 Å². The van der Waals surface area contributed by atoms with E-state index in [1.807, 2.05) is 11.8 Å². The fourth-order valence-electron chi connectivity index (χ4n) is 2.20. The summed E-state index contributed by atoms with van der Waals surface area (Å²) in [5.41, 5.74) is 0. The Bertz CT molecular complexity index is 338. The summed E-state index contributed by atoms with van der Waals surface area (Å²) in [6.45, 7) is 5.26. The SMILES string of the molecule is CCNC(=NCC(F)F)N1CCC[C@@H](C(=O)OCC)C1. The number of esters is 1. The molecule has 1 saturated heterocycles. The van der Waals surface area contributed by atoms with E-state index in [-0.39, 0.29) is 11.9 Å². The number of likely N-dealkylation sites (tertiary alicyclic amines) is 1. The van der Waals surface area contributed by atoms with Gasteiger partial charge in [0.2, 0.25) is 0 Å². The standard InChI is InChI=1S/C13H23F2N3O2/c1-3-16-13(17-8-11(14)15)18-7-5-6-10(9-18)12(19)20-4-2/h10-11H,3-9H2,1-2H3,(H,16,17)/t10-/m1/s1. The first-order chi connectivity index (χ1) is 9.58. The van der Waals surface area contributed by atoms with Gasteiger partial charge in [-0.15, -0.1) is 0 Å². The van der Waals surface area contributed by atoms with Crippen molar-refractivity contribution in [2.24, 2.45) is 10.9 Å². The molecule has 1 N–H and O–H groups in total. The van der Waals surface area contributed by atoms with E-state index in [0.29, 0.717) is 32.2 Å². The number of guanidine groups is 1. The number of piperidine rings is 1. The van der Waals surface area contributed by atoms with E-state index in [1.54, 1.807) is 6.92 Å². The number of hydrogen-bond acceptors (Lipinski definition) is 3. The number of nitrogens with one attached hydrogen (secondary N) is 1. The maximum absolute atomic E-state index is 12.3. The van der Waals surface area contributed by atoms with E-state index in [4.69, 9.17) is 4.74 Å². The van der Waals surface area contributed by atoms with Gasteiger partial charge in [0.1, 0.15) is 6.54 Å². The van der Waals surface area contributed by atoms with Crippen molar-refractivity contribution in [2.45, 2.75) is 33.1 Å². The van der Waals surface area contributed by atoms with Crippen molar-refractivity contribution in [3.63, 3.8) is 0 Å². The highest BCUT2D eigenvalue weighted by atomic mass is 19.3. The zero-order chi connectivity index (χ0) is 15.0. The van der Waals surface area contributed by atoms with Crippen LogP contribution >= 0.6 is 0 Å². The molecule has 0 aromatic carbocycles. The molecule has 0 aliphatic carbocycles. The van der Waals surface area contributed by atoms with Gasteiger partial charge in [0.15, 0.2) is 5.96 Å². The van der Waals surface area contributed by atoms with E-state index in [9.17, 15) is 13.6 Å². The normalized spacial score (nSPS) is 20.1. The molecule has 0 bridgehead atoms. The van der Waals surface area contributed by atoms with Crippen molar-refractivity contribution in [3.05, 3.63) is 0 Å². The van der Waals surface area contributed by atoms with Crippen LogP contribution in [0.5, 0.6) is 0 Å². The lowest BCUT2D eigenvalue weighted by Crippen LogP contribution is -2.48. The topological polar surface area (TPSA) is 53.9 Å². The maximum atomic E-state index is 12.3. The average Bonchev–Trinajstić information content (AvgIpc) is 2.43. The zero-order valence-electron chi connectivity index (χ0n) is 12.1. The van der Waals surface area contributed by atoms with Crippen molar-refractivity contribution >= 4 is 11.9 Å². The van der Waals surface area contributed by atoms with Crippen molar-refractivity contribution in [1.29, 1.82) is 0 Å². The van der Waals surface area contributed by atoms with Crippen LogP contribution in [-0.2, 0) is 9.53 Å². The second-order valence-corrected chi connectivity index (χ2v) is 4.62. The first-order valence-electron chi connectivity index (χ1n) is 7.06. The molecule has 0 spiro atoms. The van der Waals surface area contributed by atoms with Gasteiger partial charge in [0, 0.05) is 19.6 Å². The van der Waals surface area contributed by atoms with Gasteiger partial charge >= 0.3 is 5.97 Å². The molecule has 5 nitrogen and oxygen atoms in total. The number of alkyl halides is 2. The molecule has 0 radical (unpaired) electrons. The Labute approximate surface area is 118 Å². The van der Waals surface area contributed by atoms with Crippen LogP contribution in [0.3, 0.4) is 0 Å². The third kappa shape index (κ3) is 5.30. The molecule has 0 unspecified atom stereocenters. The molecule has 20 heavy (non-hydrogen) atoms. The molecule has 1 aliphatic heterocycles. The quantitative estimate of drug-likeness (QED) is 0.474. The number of halogens is 2. The first kappa shape index (κ1) is 16.7. The Morgan fingerprint density at radius 2 is 2.25 bits per heavy atom. The molecule has 116 valence electrons. The summed E-state index contributed by atoms with van der Waals surface area (Å²) in [7, 11) is 0. The molecule has 0 saturated carbocycles. The van der Waals surface area contributed by atoms with Gasteiger partial charge in [0.05, 0.1) is 12.5 Å². The van der Waals surface area contributed by atoms with Crippen LogP contribution in [-0.4, -0.2) is 56.0 Å². The molecule has 0 amide bonds. The second-order valence-electron chi connectivity index (χ2n) is 4.62. The highest BCUT2D eigenvalue weighted by Crippen LogP contribution is 2.18. The summed E-state index contributed by atoms with van der Waals surface area (Å²) in [4.78, 5) is 17.5. The largest absolute Gasteiger partial charge is 0.466 e. The summed E-state index contributed by atoms with van der Waals surface area (Å²) < 4.78 is 29.6. The fourth-order valence-corrected chi connectivity index (χ4v) is 2.20. The van der Waals surface area contributed by atoms with Crippen molar-refractivity contribution in [3.8, 4) is 0 Å². The fraction of sp³-hybridized carbons (Fsp3) is 0.846. The molecule has 7 heteroatoms. The highest BCUT2D eigenvalue weighted by Gasteiger charge is 2.28. The molecule has 1 fully saturated rings. The van der Waals surface area contributed by atoms with Crippen LogP contribution in [0.4, 0.5) is 8.78 Å². The molecule has 1 rings (SSSR count). The summed E-state index contributed by atoms with van der Waals surface area (Å²) in [6, 6.07) is 0. The predicted octanol–water partition coefficient (Wildman–Crippen LogP) is 1.49.